The van der Waals surface area contributed by atoms with E-state index in [0.29, 0.717) is 21.5 Å². The predicted octanol–water partition coefficient (Wildman–Crippen LogP) is 3.64. The van der Waals surface area contributed by atoms with E-state index >= 15 is 0 Å². The van der Waals surface area contributed by atoms with Crippen LogP contribution in [0.4, 0.5) is 0 Å². The van der Waals surface area contributed by atoms with Gasteiger partial charge in [-0.15, -0.1) is 0 Å². The molecule has 4 nitrogen and oxygen atoms in total. The van der Waals surface area contributed by atoms with Crippen LogP contribution in [0.25, 0.3) is 0 Å². The molecule has 0 fully saturated rings. The van der Waals surface area contributed by atoms with Crippen molar-refractivity contribution < 1.29 is 9.94 Å². The summed E-state index contributed by atoms with van der Waals surface area (Å²) in [7, 11) is 0. The van der Waals surface area contributed by atoms with E-state index < -0.39 is 0 Å². The molecule has 0 aromatic heterocycles. The zero-order valence-corrected chi connectivity index (χ0v) is 11.9. The Bertz CT molecular complexity index is 627. The Morgan fingerprint density at radius 2 is 2.00 bits per heavy atom. The van der Waals surface area contributed by atoms with Gasteiger partial charge in [0.05, 0.1) is 5.56 Å². The van der Waals surface area contributed by atoms with Gasteiger partial charge >= 0.3 is 0 Å². The molecular weight excluding hydrogens is 308 g/mol. The number of nitrogens with two attached hydrogens (primary N) is 1. The average molecular weight is 321 g/mol. The van der Waals surface area contributed by atoms with E-state index in [2.05, 4.69) is 21.1 Å². The number of benzene rings is 2. The van der Waals surface area contributed by atoms with Gasteiger partial charge in [0, 0.05) is 4.47 Å². The lowest BCUT2D eigenvalue weighted by molar-refractivity contribution is 0.318. The minimum atomic E-state index is -0.00451. The molecule has 2 aromatic rings. The highest BCUT2D eigenvalue weighted by atomic mass is 79.9. The highest BCUT2D eigenvalue weighted by molar-refractivity contribution is 9.10. The van der Waals surface area contributed by atoms with Crippen LogP contribution in [0.15, 0.2) is 52.1 Å². The Kier molecular flexibility index (Phi) is 4.06. The summed E-state index contributed by atoms with van der Waals surface area (Å²) in [4.78, 5) is 0. The van der Waals surface area contributed by atoms with Gasteiger partial charge in [-0.25, -0.2) is 0 Å². The number of hydrogen-bond donors (Lipinski definition) is 2. The summed E-state index contributed by atoms with van der Waals surface area (Å²) >= 11 is 3.36. The lowest BCUT2D eigenvalue weighted by Gasteiger charge is -2.12. The lowest BCUT2D eigenvalue weighted by Crippen LogP contribution is -2.15. The molecule has 2 aromatic carbocycles. The molecule has 0 saturated carbocycles. The van der Waals surface area contributed by atoms with Gasteiger partial charge in [-0.1, -0.05) is 23.4 Å². The summed E-state index contributed by atoms with van der Waals surface area (Å²) in [5.74, 6) is 1.22. The summed E-state index contributed by atoms with van der Waals surface area (Å²) in [5, 5.41) is 11.9. The van der Waals surface area contributed by atoms with E-state index in [4.69, 9.17) is 15.7 Å². The summed E-state index contributed by atoms with van der Waals surface area (Å²) in [6, 6.07) is 13.0. The molecule has 0 saturated heterocycles. The molecule has 3 N–H and O–H groups in total. The van der Waals surface area contributed by atoms with Crippen molar-refractivity contribution in [3.8, 4) is 11.5 Å². The van der Waals surface area contributed by atoms with Crippen LogP contribution in [0.1, 0.15) is 11.1 Å². The first kappa shape index (κ1) is 13.4. The van der Waals surface area contributed by atoms with Gasteiger partial charge < -0.3 is 15.7 Å². The van der Waals surface area contributed by atoms with Crippen molar-refractivity contribution in [2.45, 2.75) is 6.92 Å². The monoisotopic (exact) mass is 320 g/mol. The van der Waals surface area contributed by atoms with Crippen LogP contribution in [-0.2, 0) is 0 Å². The zero-order valence-electron chi connectivity index (χ0n) is 10.3. The first-order chi connectivity index (χ1) is 9.11. The molecule has 0 heterocycles. The van der Waals surface area contributed by atoms with Gasteiger partial charge in [-0.2, -0.15) is 0 Å². The molecule has 5 heteroatoms. The third kappa shape index (κ3) is 3.06. The predicted molar refractivity (Wildman–Crippen MR) is 77.9 cm³/mol. The molecule has 19 heavy (non-hydrogen) atoms. The van der Waals surface area contributed by atoms with Crippen molar-refractivity contribution in [1.29, 1.82) is 0 Å². The van der Waals surface area contributed by atoms with Crippen LogP contribution in [0.5, 0.6) is 11.5 Å². The highest BCUT2D eigenvalue weighted by Crippen LogP contribution is 2.30. The van der Waals surface area contributed by atoms with E-state index in [1.807, 2.05) is 37.3 Å². The Morgan fingerprint density at radius 3 is 2.68 bits per heavy atom. The number of aryl methyl sites for hydroxylation is 1. The molecule has 2 rings (SSSR count). The van der Waals surface area contributed by atoms with Crippen molar-refractivity contribution in [3.05, 3.63) is 58.1 Å². The van der Waals surface area contributed by atoms with Crippen LogP contribution < -0.4 is 10.5 Å². The Balaban J connectivity index is 2.43. The van der Waals surface area contributed by atoms with Crippen molar-refractivity contribution in [1.82, 2.24) is 0 Å². The number of ether oxygens (including phenoxy) is 1. The molecule has 0 radical (unpaired) electrons. The molecule has 0 spiro atoms. The van der Waals surface area contributed by atoms with E-state index in [1.54, 1.807) is 12.1 Å². The van der Waals surface area contributed by atoms with Crippen molar-refractivity contribution >= 4 is 21.8 Å². The number of hydrogen-bond acceptors (Lipinski definition) is 3. The fraction of sp³-hybridized carbons (Fsp3) is 0.0714. The van der Waals surface area contributed by atoms with Crippen molar-refractivity contribution in [2.75, 3.05) is 0 Å². The second kappa shape index (κ2) is 5.75. The molecule has 0 amide bonds. The van der Waals surface area contributed by atoms with Gasteiger partial charge in [0.2, 0.25) is 0 Å². The van der Waals surface area contributed by atoms with Crippen LogP contribution >= 0.6 is 15.9 Å². The van der Waals surface area contributed by atoms with Crippen molar-refractivity contribution in [2.24, 2.45) is 10.9 Å². The van der Waals surface area contributed by atoms with E-state index in [1.165, 1.54) is 0 Å². The van der Waals surface area contributed by atoms with Crippen LogP contribution in [-0.4, -0.2) is 11.0 Å². The largest absolute Gasteiger partial charge is 0.457 e. The molecule has 0 aliphatic heterocycles. The number of oxime groups is 1. The number of halogens is 1. The van der Waals surface area contributed by atoms with Gasteiger partial charge in [-0.3, -0.25) is 0 Å². The topological polar surface area (TPSA) is 67.8 Å². The van der Waals surface area contributed by atoms with E-state index in [-0.39, 0.29) is 5.84 Å². The van der Waals surface area contributed by atoms with E-state index in [9.17, 15) is 0 Å². The first-order valence-electron chi connectivity index (χ1n) is 5.62. The molecular formula is C14H13BrN2O2. The Morgan fingerprint density at radius 1 is 1.26 bits per heavy atom. The van der Waals surface area contributed by atoms with Crippen molar-refractivity contribution in [3.63, 3.8) is 0 Å². The maximum absolute atomic E-state index is 8.83. The zero-order chi connectivity index (χ0) is 13.8. The van der Waals surface area contributed by atoms with Gasteiger partial charge in [0.25, 0.3) is 0 Å². The van der Waals surface area contributed by atoms with Crippen LogP contribution in [0, 0.1) is 6.92 Å². The lowest BCUT2D eigenvalue weighted by atomic mass is 10.2. The summed E-state index contributed by atoms with van der Waals surface area (Å²) < 4.78 is 6.49. The third-order valence-electron chi connectivity index (χ3n) is 2.56. The second-order valence-corrected chi connectivity index (χ2v) is 4.87. The normalized spacial score (nSPS) is 11.4. The maximum atomic E-state index is 8.83. The number of amidine groups is 1. The minimum Gasteiger partial charge on any atom is -0.457 e. The van der Waals surface area contributed by atoms with Crippen LogP contribution in [0.2, 0.25) is 0 Å². The number of nitrogens with zero attached hydrogens (tertiary/aromatic N) is 1. The quantitative estimate of drug-likeness (QED) is 0.392. The standard InChI is InChI=1S/C14H13BrN2O2/c1-9-4-2-5-10(8-9)19-12-7-3-6-11(15)13(12)14(16)17-18/h2-8,18H,1H3,(H2,16,17). The van der Waals surface area contributed by atoms with Gasteiger partial charge in [-0.05, 0) is 52.7 Å². The smallest absolute Gasteiger partial charge is 0.175 e. The SMILES string of the molecule is Cc1cccc(Oc2cccc(Br)c2/C(N)=N/O)c1. The van der Waals surface area contributed by atoms with Crippen LogP contribution in [0.3, 0.4) is 0 Å². The molecule has 0 aliphatic carbocycles. The molecule has 98 valence electrons. The summed E-state index contributed by atoms with van der Waals surface area (Å²) in [6.07, 6.45) is 0. The fourth-order valence-corrected chi connectivity index (χ4v) is 2.24. The molecule has 0 unspecified atom stereocenters. The van der Waals surface area contributed by atoms with Gasteiger partial charge in [0.15, 0.2) is 5.84 Å². The first-order valence-corrected chi connectivity index (χ1v) is 6.42. The van der Waals surface area contributed by atoms with Gasteiger partial charge in [0.1, 0.15) is 11.5 Å². The molecule has 0 aliphatic rings. The summed E-state index contributed by atoms with van der Waals surface area (Å²) in [5.41, 5.74) is 7.28. The molecule has 0 atom stereocenters. The fourth-order valence-electron chi connectivity index (χ4n) is 1.69. The Hall–Kier alpha value is -2.01. The second-order valence-electron chi connectivity index (χ2n) is 4.02. The average Bonchev–Trinajstić information content (AvgIpc) is 2.38. The highest BCUT2D eigenvalue weighted by Gasteiger charge is 2.13. The third-order valence-corrected chi connectivity index (χ3v) is 3.22. The Labute approximate surface area is 119 Å². The van der Waals surface area contributed by atoms with E-state index in [0.717, 1.165) is 5.56 Å². The summed E-state index contributed by atoms with van der Waals surface area (Å²) in [6.45, 7) is 1.98. The molecule has 0 bridgehead atoms. The number of rotatable bonds is 3. The maximum Gasteiger partial charge on any atom is 0.175 e. The minimum absolute atomic E-state index is 0.00451.